The van der Waals surface area contributed by atoms with E-state index in [1.54, 1.807) is 0 Å². The summed E-state index contributed by atoms with van der Waals surface area (Å²) in [5.74, 6) is 2.20. The lowest BCUT2D eigenvalue weighted by molar-refractivity contribution is 1.21. The van der Waals surface area contributed by atoms with Crippen molar-refractivity contribution in [1.29, 1.82) is 0 Å². The van der Waals surface area contributed by atoms with E-state index in [4.69, 9.17) is 15.0 Å². The van der Waals surface area contributed by atoms with Gasteiger partial charge < -0.3 is 5.32 Å². The van der Waals surface area contributed by atoms with Crippen LogP contribution in [0.3, 0.4) is 0 Å². The SMILES string of the molecule is c1ccc(-c2nc(Nc3ccc4ccccc4n3)c3ccccc3n2)cc1. The summed E-state index contributed by atoms with van der Waals surface area (Å²) in [5, 5.41) is 5.46. The fraction of sp³-hybridized carbons (Fsp3) is 0. The Balaban J connectivity index is 1.64. The molecular weight excluding hydrogens is 332 g/mol. The van der Waals surface area contributed by atoms with Crippen LogP contribution in [0.2, 0.25) is 0 Å². The van der Waals surface area contributed by atoms with Crippen molar-refractivity contribution >= 4 is 33.4 Å². The van der Waals surface area contributed by atoms with Crippen molar-refractivity contribution in [3.05, 3.63) is 91.0 Å². The van der Waals surface area contributed by atoms with Crippen LogP contribution in [0.25, 0.3) is 33.2 Å². The highest BCUT2D eigenvalue weighted by atomic mass is 15.1. The number of para-hydroxylation sites is 2. The second-order valence-electron chi connectivity index (χ2n) is 6.29. The summed E-state index contributed by atoms with van der Waals surface area (Å²) in [4.78, 5) is 14.2. The Bertz CT molecular complexity index is 1250. The number of hydrogen-bond donors (Lipinski definition) is 1. The maximum atomic E-state index is 4.78. The van der Waals surface area contributed by atoms with Gasteiger partial charge in [-0.05, 0) is 30.3 Å². The maximum absolute atomic E-state index is 4.78. The second-order valence-corrected chi connectivity index (χ2v) is 6.29. The fourth-order valence-electron chi connectivity index (χ4n) is 3.15. The quantitative estimate of drug-likeness (QED) is 0.462. The molecule has 128 valence electrons. The molecule has 4 heteroatoms. The van der Waals surface area contributed by atoms with Gasteiger partial charge in [-0.25, -0.2) is 15.0 Å². The Labute approximate surface area is 156 Å². The minimum Gasteiger partial charge on any atom is -0.324 e. The zero-order chi connectivity index (χ0) is 18.1. The third-order valence-corrected chi connectivity index (χ3v) is 4.48. The number of nitrogens with one attached hydrogen (secondary N) is 1. The molecule has 0 aliphatic heterocycles. The van der Waals surface area contributed by atoms with E-state index in [0.29, 0.717) is 5.82 Å². The van der Waals surface area contributed by atoms with E-state index in [0.717, 1.165) is 39.0 Å². The molecule has 0 amide bonds. The lowest BCUT2D eigenvalue weighted by Crippen LogP contribution is -2.00. The minimum atomic E-state index is 0.692. The number of anilines is 2. The molecular formula is C23H16N4. The number of rotatable bonds is 3. The number of benzene rings is 3. The van der Waals surface area contributed by atoms with Gasteiger partial charge in [-0.2, -0.15) is 0 Å². The lowest BCUT2D eigenvalue weighted by Gasteiger charge is -2.11. The standard InChI is InChI=1S/C23H16N4/c1-2-9-17(10-3-1)22-25-20-13-7-5-11-18(20)23(27-22)26-21-15-14-16-8-4-6-12-19(16)24-21/h1-15H,(H,24,25,26,27). The largest absolute Gasteiger partial charge is 0.324 e. The molecule has 0 radical (unpaired) electrons. The Kier molecular flexibility index (Phi) is 3.72. The van der Waals surface area contributed by atoms with Crippen LogP contribution in [0.4, 0.5) is 11.6 Å². The molecule has 0 aliphatic carbocycles. The summed E-state index contributed by atoms with van der Waals surface area (Å²) >= 11 is 0. The van der Waals surface area contributed by atoms with E-state index < -0.39 is 0 Å². The molecule has 5 aromatic rings. The summed E-state index contributed by atoms with van der Waals surface area (Å²) in [5.41, 5.74) is 2.83. The number of hydrogen-bond acceptors (Lipinski definition) is 4. The van der Waals surface area contributed by atoms with E-state index in [1.165, 1.54) is 0 Å². The number of nitrogens with zero attached hydrogens (tertiary/aromatic N) is 3. The minimum absolute atomic E-state index is 0.692. The van der Waals surface area contributed by atoms with Crippen LogP contribution in [0.5, 0.6) is 0 Å². The monoisotopic (exact) mass is 348 g/mol. The first-order valence-corrected chi connectivity index (χ1v) is 8.82. The van der Waals surface area contributed by atoms with Crippen LogP contribution < -0.4 is 5.32 Å². The van der Waals surface area contributed by atoms with Crippen molar-refractivity contribution in [3.63, 3.8) is 0 Å². The topological polar surface area (TPSA) is 50.7 Å². The van der Waals surface area contributed by atoms with Crippen LogP contribution in [-0.2, 0) is 0 Å². The van der Waals surface area contributed by atoms with Gasteiger partial charge in [-0.3, -0.25) is 0 Å². The lowest BCUT2D eigenvalue weighted by atomic mass is 10.2. The van der Waals surface area contributed by atoms with Gasteiger partial charge in [0.15, 0.2) is 5.82 Å². The van der Waals surface area contributed by atoms with Crippen LogP contribution in [0.1, 0.15) is 0 Å². The number of aromatic nitrogens is 3. The van der Waals surface area contributed by atoms with Crippen molar-refractivity contribution in [2.75, 3.05) is 5.32 Å². The molecule has 0 unspecified atom stereocenters. The maximum Gasteiger partial charge on any atom is 0.162 e. The van der Waals surface area contributed by atoms with E-state index in [9.17, 15) is 0 Å². The molecule has 4 nitrogen and oxygen atoms in total. The van der Waals surface area contributed by atoms with Gasteiger partial charge in [-0.15, -0.1) is 0 Å². The molecule has 1 N–H and O–H groups in total. The molecule has 27 heavy (non-hydrogen) atoms. The molecule has 0 atom stereocenters. The smallest absolute Gasteiger partial charge is 0.162 e. The van der Waals surface area contributed by atoms with Gasteiger partial charge in [-0.1, -0.05) is 60.7 Å². The summed E-state index contributed by atoms with van der Waals surface area (Å²) < 4.78 is 0. The zero-order valence-electron chi connectivity index (χ0n) is 14.5. The highest BCUT2D eigenvalue weighted by molar-refractivity contribution is 5.92. The normalized spacial score (nSPS) is 11.0. The molecule has 3 aromatic carbocycles. The first kappa shape index (κ1) is 15.5. The summed E-state index contributed by atoms with van der Waals surface area (Å²) in [6.45, 7) is 0. The molecule has 5 rings (SSSR count). The van der Waals surface area contributed by atoms with Gasteiger partial charge in [0.1, 0.15) is 11.6 Å². The molecule has 0 aliphatic rings. The fourth-order valence-corrected chi connectivity index (χ4v) is 3.15. The Hall–Kier alpha value is -3.79. The van der Waals surface area contributed by atoms with Crippen molar-refractivity contribution in [2.24, 2.45) is 0 Å². The summed E-state index contributed by atoms with van der Waals surface area (Å²) in [7, 11) is 0. The van der Waals surface area contributed by atoms with Crippen LogP contribution in [-0.4, -0.2) is 15.0 Å². The highest BCUT2D eigenvalue weighted by Crippen LogP contribution is 2.27. The van der Waals surface area contributed by atoms with E-state index in [-0.39, 0.29) is 0 Å². The predicted molar refractivity (Wildman–Crippen MR) is 110 cm³/mol. The first-order valence-electron chi connectivity index (χ1n) is 8.82. The molecule has 2 aromatic heterocycles. The zero-order valence-corrected chi connectivity index (χ0v) is 14.5. The first-order chi connectivity index (χ1) is 13.4. The average Bonchev–Trinajstić information content (AvgIpc) is 2.74. The Morgan fingerprint density at radius 3 is 2.19 bits per heavy atom. The molecule has 2 heterocycles. The summed E-state index contributed by atoms with van der Waals surface area (Å²) in [6, 6.07) is 30.1. The molecule has 0 bridgehead atoms. The molecule has 0 saturated heterocycles. The van der Waals surface area contributed by atoms with Crippen molar-refractivity contribution < 1.29 is 0 Å². The van der Waals surface area contributed by atoms with E-state index >= 15 is 0 Å². The number of fused-ring (bicyclic) bond motifs is 2. The number of pyridine rings is 1. The van der Waals surface area contributed by atoms with Gasteiger partial charge in [0.2, 0.25) is 0 Å². The average molecular weight is 348 g/mol. The molecule has 0 saturated carbocycles. The second kappa shape index (κ2) is 6.50. The van der Waals surface area contributed by atoms with Crippen molar-refractivity contribution in [1.82, 2.24) is 15.0 Å². The highest BCUT2D eigenvalue weighted by Gasteiger charge is 2.10. The third-order valence-electron chi connectivity index (χ3n) is 4.48. The Morgan fingerprint density at radius 1 is 0.556 bits per heavy atom. The van der Waals surface area contributed by atoms with Gasteiger partial charge in [0.25, 0.3) is 0 Å². The van der Waals surface area contributed by atoms with E-state index in [2.05, 4.69) is 17.4 Å². The van der Waals surface area contributed by atoms with Gasteiger partial charge in [0, 0.05) is 16.3 Å². The molecule has 0 spiro atoms. The summed E-state index contributed by atoms with van der Waals surface area (Å²) in [6.07, 6.45) is 0. The van der Waals surface area contributed by atoms with Gasteiger partial charge >= 0.3 is 0 Å². The van der Waals surface area contributed by atoms with Crippen LogP contribution in [0.15, 0.2) is 91.0 Å². The van der Waals surface area contributed by atoms with Gasteiger partial charge in [0.05, 0.1) is 11.0 Å². The van der Waals surface area contributed by atoms with Crippen LogP contribution in [0, 0.1) is 0 Å². The van der Waals surface area contributed by atoms with E-state index in [1.807, 2.05) is 78.9 Å². The Morgan fingerprint density at radius 2 is 1.30 bits per heavy atom. The van der Waals surface area contributed by atoms with Crippen LogP contribution >= 0.6 is 0 Å². The third kappa shape index (κ3) is 2.98. The van der Waals surface area contributed by atoms with Crippen molar-refractivity contribution in [2.45, 2.75) is 0 Å². The molecule has 0 fully saturated rings. The predicted octanol–water partition coefficient (Wildman–Crippen LogP) is 5.59. The van der Waals surface area contributed by atoms with Crippen molar-refractivity contribution in [3.8, 4) is 11.4 Å².